The third kappa shape index (κ3) is 4.48. The van der Waals surface area contributed by atoms with E-state index in [1.165, 1.54) is 11.5 Å². The topological polar surface area (TPSA) is 97.1 Å². The summed E-state index contributed by atoms with van der Waals surface area (Å²) < 4.78 is 5.56. The predicted molar refractivity (Wildman–Crippen MR) is 114 cm³/mol. The Morgan fingerprint density at radius 2 is 1.86 bits per heavy atom. The lowest BCUT2D eigenvalue weighted by Crippen LogP contribution is -2.27. The molecular formula is C21H24N4O2S. The summed E-state index contributed by atoms with van der Waals surface area (Å²) in [6, 6.07) is 13.1. The van der Waals surface area contributed by atoms with Gasteiger partial charge >= 0.3 is 0 Å². The summed E-state index contributed by atoms with van der Waals surface area (Å²) in [6.45, 7) is 3.21. The Balaban J connectivity index is 1.77. The molecule has 0 radical (unpaired) electrons. The summed E-state index contributed by atoms with van der Waals surface area (Å²) in [6.07, 6.45) is 2.40. The molecule has 0 unspecified atom stereocenters. The molecule has 0 saturated carbocycles. The summed E-state index contributed by atoms with van der Waals surface area (Å²) in [5.74, 6) is 0.106. The maximum absolute atomic E-state index is 12.6. The van der Waals surface area contributed by atoms with E-state index in [9.17, 15) is 9.59 Å². The number of unbranched alkanes of at least 4 members (excludes halogenated alkanes) is 1. The number of nitrogens with two attached hydrogens (primary N) is 1. The summed E-state index contributed by atoms with van der Waals surface area (Å²) in [7, 11) is 0. The van der Waals surface area contributed by atoms with Gasteiger partial charge in [0.1, 0.15) is 5.82 Å². The van der Waals surface area contributed by atoms with Gasteiger partial charge in [-0.05, 0) is 54.2 Å². The Kier molecular flexibility index (Phi) is 6.60. The van der Waals surface area contributed by atoms with Gasteiger partial charge in [0.2, 0.25) is 5.91 Å². The molecule has 0 aliphatic heterocycles. The van der Waals surface area contributed by atoms with Crippen molar-refractivity contribution in [3.8, 4) is 0 Å². The largest absolute Gasteiger partial charge is 0.368 e. The van der Waals surface area contributed by atoms with Gasteiger partial charge in [0.05, 0.1) is 4.70 Å². The summed E-state index contributed by atoms with van der Waals surface area (Å²) in [5.41, 5.74) is 7.09. The standard InChI is InChI=1S/C21H24N4O2S/c1-2-3-12-24-21(27)16-9-6-8-15(19(22)26)14(16)11-13-23-20-17-7-4-5-10-18(17)28-25-20/h4-10H,2-3,11-13H2,1H3,(H2,22,26)(H,23,25)(H,24,27). The molecule has 3 aromatic rings. The van der Waals surface area contributed by atoms with Crippen molar-refractivity contribution >= 4 is 39.3 Å². The number of hydrogen-bond donors (Lipinski definition) is 3. The number of carbonyl (C=O) groups is 2. The number of fused-ring (bicyclic) bond motifs is 1. The zero-order valence-corrected chi connectivity index (χ0v) is 16.6. The molecule has 0 fully saturated rings. The number of nitrogens with one attached hydrogen (secondary N) is 2. The van der Waals surface area contributed by atoms with Crippen LogP contribution in [-0.4, -0.2) is 29.3 Å². The van der Waals surface area contributed by atoms with Gasteiger partial charge in [-0.2, -0.15) is 4.37 Å². The monoisotopic (exact) mass is 396 g/mol. The lowest BCUT2D eigenvalue weighted by atomic mass is 9.97. The highest BCUT2D eigenvalue weighted by atomic mass is 32.1. The second-order valence-electron chi connectivity index (χ2n) is 6.51. The number of primary amides is 1. The van der Waals surface area contributed by atoms with E-state index in [0.29, 0.717) is 36.2 Å². The van der Waals surface area contributed by atoms with E-state index in [-0.39, 0.29) is 5.91 Å². The van der Waals surface area contributed by atoms with Gasteiger partial charge in [0, 0.05) is 29.6 Å². The Labute approximate surface area is 168 Å². The van der Waals surface area contributed by atoms with Crippen LogP contribution in [-0.2, 0) is 6.42 Å². The first kappa shape index (κ1) is 19.8. The van der Waals surface area contributed by atoms with E-state index in [4.69, 9.17) is 5.73 Å². The van der Waals surface area contributed by atoms with Crippen molar-refractivity contribution < 1.29 is 9.59 Å². The van der Waals surface area contributed by atoms with Crippen LogP contribution in [0.25, 0.3) is 10.1 Å². The molecule has 3 rings (SSSR count). The highest BCUT2D eigenvalue weighted by Crippen LogP contribution is 2.26. The zero-order valence-electron chi connectivity index (χ0n) is 15.8. The van der Waals surface area contributed by atoms with Crippen molar-refractivity contribution in [2.75, 3.05) is 18.4 Å². The van der Waals surface area contributed by atoms with Gasteiger partial charge in [0.15, 0.2) is 0 Å². The average molecular weight is 397 g/mol. The third-order valence-electron chi connectivity index (χ3n) is 4.55. The van der Waals surface area contributed by atoms with Crippen molar-refractivity contribution in [3.63, 3.8) is 0 Å². The molecule has 0 bridgehead atoms. The lowest BCUT2D eigenvalue weighted by Gasteiger charge is -2.14. The number of carbonyl (C=O) groups excluding carboxylic acids is 2. The molecule has 0 aliphatic rings. The SMILES string of the molecule is CCCCNC(=O)c1cccc(C(N)=O)c1CCNc1nsc2ccccc12. The van der Waals surface area contributed by atoms with Crippen molar-refractivity contribution in [2.24, 2.45) is 5.73 Å². The van der Waals surface area contributed by atoms with E-state index >= 15 is 0 Å². The summed E-state index contributed by atoms with van der Waals surface area (Å²) in [4.78, 5) is 24.5. The van der Waals surface area contributed by atoms with E-state index < -0.39 is 5.91 Å². The molecule has 2 amide bonds. The lowest BCUT2D eigenvalue weighted by molar-refractivity contribution is 0.0952. The van der Waals surface area contributed by atoms with Crippen LogP contribution in [0.15, 0.2) is 42.5 Å². The number of anilines is 1. The smallest absolute Gasteiger partial charge is 0.251 e. The van der Waals surface area contributed by atoms with Crippen LogP contribution in [0.4, 0.5) is 5.82 Å². The Morgan fingerprint density at radius 3 is 2.64 bits per heavy atom. The molecule has 6 nitrogen and oxygen atoms in total. The molecule has 146 valence electrons. The fraction of sp³-hybridized carbons (Fsp3) is 0.286. The predicted octanol–water partition coefficient (Wildman–Crippen LogP) is 3.58. The van der Waals surface area contributed by atoms with E-state index in [0.717, 1.165) is 28.7 Å². The van der Waals surface area contributed by atoms with E-state index in [1.807, 2.05) is 24.3 Å². The van der Waals surface area contributed by atoms with Crippen LogP contribution in [0, 0.1) is 0 Å². The number of hydrogen-bond acceptors (Lipinski definition) is 5. The molecule has 0 aliphatic carbocycles. The molecule has 28 heavy (non-hydrogen) atoms. The first-order chi connectivity index (χ1) is 13.6. The Morgan fingerprint density at radius 1 is 1.07 bits per heavy atom. The molecule has 0 saturated heterocycles. The minimum absolute atomic E-state index is 0.175. The first-order valence-electron chi connectivity index (χ1n) is 9.40. The minimum atomic E-state index is -0.530. The zero-order chi connectivity index (χ0) is 19.9. The number of benzene rings is 2. The number of aromatic nitrogens is 1. The van der Waals surface area contributed by atoms with E-state index in [1.54, 1.807) is 18.2 Å². The van der Waals surface area contributed by atoms with Crippen molar-refractivity contribution in [1.82, 2.24) is 9.69 Å². The second-order valence-corrected chi connectivity index (χ2v) is 7.31. The van der Waals surface area contributed by atoms with Crippen LogP contribution in [0.2, 0.25) is 0 Å². The molecule has 4 N–H and O–H groups in total. The van der Waals surface area contributed by atoms with Gasteiger partial charge in [-0.1, -0.05) is 31.5 Å². The third-order valence-corrected chi connectivity index (χ3v) is 5.37. The van der Waals surface area contributed by atoms with Gasteiger partial charge in [-0.15, -0.1) is 0 Å². The van der Waals surface area contributed by atoms with Gasteiger partial charge in [-0.25, -0.2) is 0 Å². The fourth-order valence-corrected chi connectivity index (χ4v) is 3.85. The van der Waals surface area contributed by atoms with Gasteiger partial charge in [-0.3, -0.25) is 9.59 Å². The quantitative estimate of drug-likeness (QED) is 0.482. The van der Waals surface area contributed by atoms with Gasteiger partial charge in [0.25, 0.3) is 5.91 Å². The maximum Gasteiger partial charge on any atom is 0.251 e. The molecule has 1 aromatic heterocycles. The summed E-state index contributed by atoms with van der Waals surface area (Å²) in [5, 5.41) is 7.29. The number of amides is 2. The Hall–Kier alpha value is -2.93. The normalized spacial score (nSPS) is 10.8. The van der Waals surface area contributed by atoms with Crippen LogP contribution in [0.5, 0.6) is 0 Å². The molecular weight excluding hydrogens is 372 g/mol. The summed E-state index contributed by atoms with van der Waals surface area (Å²) >= 11 is 1.44. The van der Waals surface area contributed by atoms with Crippen molar-refractivity contribution in [3.05, 3.63) is 59.2 Å². The molecule has 0 atom stereocenters. The molecule has 7 heteroatoms. The molecule has 0 spiro atoms. The second kappa shape index (κ2) is 9.32. The van der Waals surface area contributed by atoms with E-state index in [2.05, 4.69) is 21.9 Å². The number of rotatable bonds is 9. The van der Waals surface area contributed by atoms with Crippen LogP contribution >= 0.6 is 11.5 Å². The Bertz CT molecular complexity index is 983. The van der Waals surface area contributed by atoms with Crippen LogP contribution in [0.3, 0.4) is 0 Å². The van der Waals surface area contributed by atoms with Crippen molar-refractivity contribution in [1.29, 1.82) is 0 Å². The highest BCUT2D eigenvalue weighted by Gasteiger charge is 2.17. The van der Waals surface area contributed by atoms with Crippen molar-refractivity contribution in [2.45, 2.75) is 26.2 Å². The molecule has 1 heterocycles. The number of nitrogens with zero attached hydrogens (tertiary/aromatic N) is 1. The molecule has 2 aromatic carbocycles. The van der Waals surface area contributed by atoms with Crippen LogP contribution < -0.4 is 16.4 Å². The average Bonchev–Trinajstić information content (AvgIpc) is 3.11. The van der Waals surface area contributed by atoms with Gasteiger partial charge < -0.3 is 16.4 Å². The minimum Gasteiger partial charge on any atom is -0.368 e. The maximum atomic E-state index is 12.6. The van der Waals surface area contributed by atoms with Crippen LogP contribution in [0.1, 0.15) is 46.0 Å². The first-order valence-corrected chi connectivity index (χ1v) is 10.2. The highest BCUT2D eigenvalue weighted by molar-refractivity contribution is 7.13. The fourth-order valence-electron chi connectivity index (χ4n) is 3.09.